The van der Waals surface area contributed by atoms with Crippen molar-refractivity contribution in [1.29, 1.82) is 0 Å². The highest BCUT2D eigenvalue weighted by molar-refractivity contribution is 5.91. The summed E-state index contributed by atoms with van der Waals surface area (Å²) in [5.74, 6) is -0.384. The van der Waals surface area contributed by atoms with Crippen LogP contribution in [0.25, 0.3) is 22.5 Å². The molecule has 0 radical (unpaired) electrons. The van der Waals surface area contributed by atoms with Gasteiger partial charge in [0.25, 0.3) is 5.89 Å². The Balaban J connectivity index is 1.92. The number of hydrogen-bond donors (Lipinski definition) is 3. The largest absolute Gasteiger partial charge is 0.403 e. The predicted molar refractivity (Wildman–Crippen MR) is 93.0 cm³/mol. The molecule has 4 N–H and O–H groups in total. The number of anilines is 3. The van der Waals surface area contributed by atoms with Gasteiger partial charge in [-0.1, -0.05) is 22.8 Å². The lowest BCUT2D eigenvalue weighted by Crippen LogP contribution is -2.00. The van der Waals surface area contributed by atoms with E-state index in [1.807, 2.05) is 32.0 Å². The Morgan fingerprint density at radius 2 is 2.04 bits per heavy atom. The van der Waals surface area contributed by atoms with Crippen LogP contribution in [0.4, 0.5) is 21.8 Å². The van der Waals surface area contributed by atoms with Crippen LogP contribution in [0, 0.1) is 19.7 Å². The number of aromatic amines is 1. The number of imidazole rings is 1. The number of aromatic nitrogens is 4. The van der Waals surface area contributed by atoms with Gasteiger partial charge in [-0.25, -0.2) is 9.37 Å². The summed E-state index contributed by atoms with van der Waals surface area (Å²) < 4.78 is 20.4. The number of halogens is 1. The van der Waals surface area contributed by atoms with E-state index < -0.39 is 5.82 Å². The van der Waals surface area contributed by atoms with Gasteiger partial charge < -0.3 is 20.5 Å². The molecule has 2 heterocycles. The van der Waals surface area contributed by atoms with E-state index >= 15 is 4.39 Å². The second-order valence-electron chi connectivity index (χ2n) is 5.80. The van der Waals surface area contributed by atoms with Crippen LogP contribution in [0.1, 0.15) is 11.1 Å². The van der Waals surface area contributed by atoms with Crippen LogP contribution in [-0.4, -0.2) is 20.2 Å². The highest BCUT2D eigenvalue weighted by Crippen LogP contribution is 2.36. The molecule has 2 aromatic carbocycles. The fraction of sp³-hybridized carbons (Fsp3) is 0.118. The van der Waals surface area contributed by atoms with E-state index in [1.54, 1.807) is 6.07 Å². The summed E-state index contributed by atoms with van der Waals surface area (Å²) in [4.78, 5) is 6.92. The van der Waals surface area contributed by atoms with Gasteiger partial charge in [-0.05, 0) is 31.5 Å². The molecule has 0 amide bonds. The van der Waals surface area contributed by atoms with Crippen molar-refractivity contribution in [2.45, 2.75) is 13.8 Å². The molecular formula is C17H15FN6O. The maximum Gasteiger partial charge on any atom is 0.313 e. The number of hydrogen-bond acceptors (Lipinski definition) is 6. The molecule has 4 aromatic rings. The number of benzene rings is 2. The second-order valence-corrected chi connectivity index (χ2v) is 5.80. The topological polar surface area (TPSA) is 106 Å². The first kappa shape index (κ1) is 15.1. The molecule has 0 atom stereocenters. The molecule has 0 fully saturated rings. The van der Waals surface area contributed by atoms with E-state index in [1.165, 1.54) is 6.33 Å². The highest BCUT2D eigenvalue weighted by atomic mass is 19.1. The Kier molecular flexibility index (Phi) is 3.38. The lowest BCUT2D eigenvalue weighted by Gasteiger charge is -2.14. The Hall–Kier alpha value is -3.42. The van der Waals surface area contributed by atoms with Crippen molar-refractivity contribution in [3.05, 3.63) is 47.5 Å². The molecule has 126 valence electrons. The summed E-state index contributed by atoms with van der Waals surface area (Å²) in [5.41, 5.74) is 9.75. The summed E-state index contributed by atoms with van der Waals surface area (Å²) in [7, 11) is 0. The maximum absolute atomic E-state index is 15.1. The number of nitrogens with two attached hydrogens (primary N) is 1. The number of rotatable bonds is 3. The minimum atomic E-state index is -0.509. The standard InChI is InChI=1S/C17H15FN6O/c1-8-3-4-11(9(2)5-8)22-14-10(16-23-24-17(19)25-16)6-12-15(13(14)18)21-7-20-12/h3-7,22H,1-2H3,(H2,19,24)(H,20,21). The predicted octanol–water partition coefficient (Wildman–Crippen LogP) is 3.69. The van der Waals surface area contributed by atoms with Crippen LogP contribution in [-0.2, 0) is 0 Å². The average Bonchev–Trinajstić information content (AvgIpc) is 3.20. The number of H-pyrrole nitrogens is 1. The van der Waals surface area contributed by atoms with E-state index in [0.29, 0.717) is 11.1 Å². The van der Waals surface area contributed by atoms with E-state index in [0.717, 1.165) is 16.8 Å². The Morgan fingerprint density at radius 1 is 1.20 bits per heavy atom. The van der Waals surface area contributed by atoms with E-state index in [2.05, 4.69) is 25.5 Å². The number of nitrogen functional groups attached to an aromatic ring is 1. The third-order valence-electron chi connectivity index (χ3n) is 3.97. The van der Waals surface area contributed by atoms with Crippen molar-refractivity contribution in [2.24, 2.45) is 0 Å². The van der Waals surface area contributed by atoms with Crippen LogP contribution in [0.2, 0.25) is 0 Å². The number of fused-ring (bicyclic) bond motifs is 1. The molecule has 0 saturated heterocycles. The van der Waals surface area contributed by atoms with Crippen LogP contribution in [0.3, 0.4) is 0 Å². The highest BCUT2D eigenvalue weighted by Gasteiger charge is 2.21. The van der Waals surface area contributed by atoms with Gasteiger partial charge in [0.05, 0.1) is 23.1 Å². The van der Waals surface area contributed by atoms with Gasteiger partial charge in [-0.15, -0.1) is 5.10 Å². The first-order chi connectivity index (χ1) is 12.0. The molecule has 0 spiro atoms. The number of nitrogens with one attached hydrogen (secondary N) is 2. The third kappa shape index (κ3) is 2.57. The molecule has 0 aliphatic carbocycles. The lowest BCUT2D eigenvalue weighted by molar-refractivity contribution is 0.589. The van der Waals surface area contributed by atoms with Crippen molar-refractivity contribution in [3.8, 4) is 11.5 Å². The van der Waals surface area contributed by atoms with E-state index in [9.17, 15) is 0 Å². The normalized spacial score (nSPS) is 11.2. The minimum Gasteiger partial charge on any atom is -0.403 e. The van der Waals surface area contributed by atoms with Crippen molar-refractivity contribution in [2.75, 3.05) is 11.1 Å². The van der Waals surface area contributed by atoms with Gasteiger partial charge >= 0.3 is 6.01 Å². The molecule has 0 bridgehead atoms. The maximum atomic E-state index is 15.1. The first-order valence-corrected chi connectivity index (χ1v) is 7.62. The zero-order chi connectivity index (χ0) is 17.6. The zero-order valence-electron chi connectivity index (χ0n) is 13.6. The fourth-order valence-corrected chi connectivity index (χ4v) is 2.77. The van der Waals surface area contributed by atoms with Crippen molar-refractivity contribution < 1.29 is 8.81 Å². The second kappa shape index (κ2) is 5.59. The summed E-state index contributed by atoms with van der Waals surface area (Å²) in [6.07, 6.45) is 1.43. The quantitative estimate of drug-likeness (QED) is 0.526. The van der Waals surface area contributed by atoms with Gasteiger partial charge in [0.2, 0.25) is 0 Å². The number of aryl methyl sites for hydroxylation is 2. The Labute approximate surface area is 142 Å². The molecular weight excluding hydrogens is 323 g/mol. The minimum absolute atomic E-state index is 0.0856. The SMILES string of the molecule is Cc1ccc(Nc2c(-c3nnc(N)o3)cc3[nH]cnc3c2F)c(C)c1. The van der Waals surface area contributed by atoms with Gasteiger partial charge in [0, 0.05) is 5.69 Å². The summed E-state index contributed by atoms with van der Waals surface area (Å²) >= 11 is 0. The smallest absolute Gasteiger partial charge is 0.313 e. The van der Waals surface area contributed by atoms with Crippen LogP contribution < -0.4 is 11.1 Å². The van der Waals surface area contributed by atoms with E-state index in [4.69, 9.17) is 10.2 Å². The summed E-state index contributed by atoms with van der Waals surface area (Å²) in [6, 6.07) is 7.47. The van der Waals surface area contributed by atoms with Crippen LogP contribution >= 0.6 is 0 Å². The molecule has 0 unspecified atom stereocenters. The zero-order valence-corrected chi connectivity index (χ0v) is 13.6. The van der Waals surface area contributed by atoms with E-state index in [-0.39, 0.29) is 23.1 Å². The molecule has 7 nitrogen and oxygen atoms in total. The molecule has 2 aromatic heterocycles. The van der Waals surface area contributed by atoms with Gasteiger partial charge in [-0.3, -0.25) is 0 Å². The molecule has 0 saturated carbocycles. The lowest BCUT2D eigenvalue weighted by atomic mass is 10.1. The van der Waals surface area contributed by atoms with Gasteiger partial charge in [0.15, 0.2) is 5.82 Å². The van der Waals surface area contributed by atoms with Gasteiger partial charge in [0.1, 0.15) is 5.52 Å². The molecule has 4 rings (SSSR count). The van der Waals surface area contributed by atoms with Gasteiger partial charge in [-0.2, -0.15) is 0 Å². The molecule has 25 heavy (non-hydrogen) atoms. The summed E-state index contributed by atoms with van der Waals surface area (Å²) in [6.45, 7) is 3.95. The first-order valence-electron chi connectivity index (χ1n) is 7.62. The van der Waals surface area contributed by atoms with Crippen LogP contribution in [0.5, 0.6) is 0 Å². The summed E-state index contributed by atoms with van der Waals surface area (Å²) in [5, 5.41) is 10.7. The molecule has 0 aliphatic rings. The Morgan fingerprint density at radius 3 is 2.76 bits per heavy atom. The number of nitrogens with zero attached hydrogens (tertiary/aromatic N) is 3. The van der Waals surface area contributed by atoms with Crippen molar-refractivity contribution in [1.82, 2.24) is 20.2 Å². The van der Waals surface area contributed by atoms with Crippen molar-refractivity contribution in [3.63, 3.8) is 0 Å². The van der Waals surface area contributed by atoms with Crippen LogP contribution in [0.15, 0.2) is 35.0 Å². The fourth-order valence-electron chi connectivity index (χ4n) is 2.77. The Bertz CT molecular complexity index is 1080. The third-order valence-corrected chi connectivity index (χ3v) is 3.97. The van der Waals surface area contributed by atoms with Crippen molar-refractivity contribution >= 4 is 28.4 Å². The monoisotopic (exact) mass is 338 g/mol. The molecule has 0 aliphatic heterocycles. The average molecular weight is 338 g/mol. The molecule has 8 heteroatoms.